The number of benzene rings is 1. The second-order valence-electron chi connectivity index (χ2n) is 5.98. The summed E-state index contributed by atoms with van der Waals surface area (Å²) in [6.07, 6.45) is 6.64. The summed E-state index contributed by atoms with van der Waals surface area (Å²) < 4.78 is 25.3. The van der Waals surface area contributed by atoms with Gasteiger partial charge in [-0.2, -0.15) is 0 Å². The van der Waals surface area contributed by atoms with Gasteiger partial charge in [-0.25, -0.2) is 12.7 Å². The molecule has 0 fully saturated rings. The highest BCUT2D eigenvalue weighted by Gasteiger charge is 2.25. The van der Waals surface area contributed by atoms with Crippen LogP contribution in [0.4, 0.5) is 0 Å². The van der Waals surface area contributed by atoms with Crippen LogP contribution in [0.5, 0.6) is 0 Å². The van der Waals surface area contributed by atoms with Gasteiger partial charge in [-0.1, -0.05) is 25.8 Å². The van der Waals surface area contributed by atoms with Gasteiger partial charge in [0.2, 0.25) is 15.9 Å². The first kappa shape index (κ1) is 21.7. The molecule has 0 aliphatic heterocycles. The SMILES string of the molecule is C#CC(CC)(CC)NC(=O)CNC(=O)c1cccc(S(=O)(=O)N(C)C)c1. The molecule has 0 aromatic heterocycles. The Morgan fingerprint density at radius 1 is 1.23 bits per heavy atom. The zero-order valence-electron chi connectivity index (χ0n) is 15.5. The highest BCUT2D eigenvalue weighted by atomic mass is 32.2. The second-order valence-corrected chi connectivity index (χ2v) is 8.13. The summed E-state index contributed by atoms with van der Waals surface area (Å²) in [5, 5.41) is 5.22. The summed E-state index contributed by atoms with van der Waals surface area (Å²) >= 11 is 0. The van der Waals surface area contributed by atoms with E-state index in [1.807, 2.05) is 13.8 Å². The molecule has 0 saturated heterocycles. The molecule has 0 atom stereocenters. The van der Waals surface area contributed by atoms with Crippen LogP contribution in [-0.2, 0) is 14.8 Å². The predicted molar refractivity (Wildman–Crippen MR) is 99.9 cm³/mol. The fraction of sp³-hybridized carbons (Fsp3) is 0.444. The van der Waals surface area contributed by atoms with Gasteiger partial charge in [-0.05, 0) is 31.0 Å². The topological polar surface area (TPSA) is 95.6 Å². The van der Waals surface area contributed by atoms with Gasteiger partial charge in [-0.3, -0.25) is 9.59 Å². The molecule has 1 aromatic rings. The van der Waals surface area contributed by atoms with Gasteiger partial charge >= 0.3 is 0 Å². The van der Waals surface area contributed by atoms with Gasteiger partial charge in [0.25, 0.3) is 5.91 Å². The molecule has 0 heterocycles. The van der Waals surface area contributed by atoms with Gasteiger partial charge in [0, 0.05) is 19.7 Å². The normalized spacial score (nSPS) is 11.7. The number of amides is 2. The van der Waals surface area contributed by atoms with Crippen molar-refractivity contribution in [3.05, 3.63) is 29.8 Å². The number of carbonyl (C=O) groups is 2. The molecule has 7 nitrogen and oxygen atoms in total. The maximum atomic E-state index is 12.2. The molecule has 0 radical (unpaired) electrons. The Labute approximate surface area is 155 Å². The van der Waals surface area contributed by atoms with Crippen molar-refractivity contribution in [2.45, 2.75) is 37.1 Å². The van der Waals surface area contributed by atoms with E-state index in [-0.39, 0.29) is 17.0 Å². The lowest BCUT2D eigenvalue weighted by Gasteiger charge is -2.27. The molecule has 26 heavy (non-hydrogen) atoms. The third-order valence-electron chi connectivity index (χ3n) is 4.15. The Hall–Kier alpha value is -2.37. The van der Waals surface area contributed by atoms with Crippen molar-refractivity contribution < 1.29 is 18.0 Å². The van der Waals surface area contributed by atoms with Crippen LogP contribution in [-0.4, -0.2) is 50.7 Å². The standard InChI is InChI=1S/C18H25N3O4S/c1-6-18(7-2,8-3)20-16(22)13-19-17(23)14-10-9-11-15(12-14)26(24,25)21(4)5/h1,9-12H,7-8,13H2,2-5H3,(H,19,23)(H,20,22). The molecule has 142 valence electrons. The van der Waals surface area contributed by atoms with Crippen molar-refractivity contribution in [3.63, 3.8) is 0 Å². The number of terminal acetylenes is 1. The maximum absolute atomic E-state index is 12.2. The van der Waals surface area contributed by atoms with E-state index in [1.54, 1.807) is 0 Å². The molecule has 2 amide bonds. The average molecular weight is 379 g/mol. The number of sulfonamides is 1. The Morgan fingerprint density at radius 3 is 2.35 bits per heavy atom. The zero-order chi connectivity index (χ0) is 20.0. The van der Waals surface area contributed by atoms with Crippen molar-refractivity contribution >= 4 is 21.8 Å². The number of rotatable bonds is 8. The van der Waals surface area contributed by atoms with E-state index in [0.29, 0.717) is 12.8 Å². The first-order chi connectivity index (χ1) is 12.1. The van der Waals surface area contributed by atoms with E-state index in [2.05, 4.69) is 16.6 Å². The first-order valence-electron chi connectivity index (χ1n) is 8.21. The fourth-order valence-corrected chi connectivity index (χ4v) is 3.20. The lowest BCUT2D eigenvalue weighted by molar-refractivity contribution is -0.121. The quantitative estimate of drug-likeness (QED) is 0.658. The molecular formula is C18H25N3O4S. The molecule has 8 heteroatoms. The first-order valence-corrected chi connectivity index (χ1v) is 9.65. The highest BCUT2D eigenvalue weighted by molar-refractivity contribution is 7.89. The largest absolute Gasteiger partial charge is 0.343 e. The van der Waals surface area contributed by atoms with Crippen LogP contribution < -0.4 is 10.6 Å². The van der Waals surface area contributed by atoms with E-state index >= 15 is 0 Å². The van der Waals surface area contributed by atoms with Crippen LogP contribution in [0.3, 0.4) is 0 Å². The lowest BCUT2D eigenvalue weighted by atomic mass is 9.94. The molecule has 0 bridgehead atoms. The Kier molecular flexibility index (Phi) is 7.36. The Balaban J connectivity index is 2.81. The zero-order valence-corrected chi connectivity index (χ0v) is 16.3. The van der Waals surface area contributed by atoms with Crippen LogP contribution in [0, 0.1) is 12.3 Å². The minimum Gasteiger partial charge on any atom is -0.343 e. The third-order valence-corrected chi connectivity index (χ3v) is 5.96. The summed E-state index contributed by atoms with van der Waals surface area (Å²) in [5.41, 5.74) is -0.587. The van der Waals surface area contributed by atoms with Crippen LogP contribution in [0.1, 0.15) is 37.0 Å². The monoisotopic (exact) mass is 379 g/mol. The molecule has 0 saturated carbocycles. The summed E-state index contributed by atoms with van der Waals surface area (Å²) in [6, 6.07) is 5.63. The molecule has 0 unspecified atom stereocenters. The van der Waals surface area contributed by atoms with E-state index in [4.69, 9.17) is 6.42 Å². The summed E-state index contributed by atoms with van der Waals surface area (Å²) in [4.78, 5) is 24.3. The molecule has 1 aromatic carbocycles. The van der Waals surface area contributed by atoms with Crippen LogP contribution in [0.15, 0.2) is 29.2 Å². The number of hydrogen-bond acceptors (Lipinski definition) is 4. The second kappa shape index (κ2) is 8.83. The minimum atomic E-state index is -3.65. The van der Waals surface area contributed by atoms with E-state index < -0.39 is 27.4 Å². The van der Waals surface area contributed by atoms with Gasteiger partial charge in [-0.15, -0.1) is 6.42 Å². The van der Waals surface area contributed by atoms with Gasteiger partial charge in [0.05, 0.1) is 11.4 Å². The molecule has 1 rings (SSSR count). The summed E-state index contributed by atoms with van der Waals surface area (Å²) in [7, 11) is -0.830. The van der Waals surface area contributed by atoms with Crippen LogP contribution in [0.2, 0.25) is 0 Å². The average Bonchev–Trinajstić information content (AvgIpc) is 2.64. The number of nitrogens with one attached hydrogen (secondary N) is 2. The van der Waals surface area contributed by atoms with E-state index in [1.165, 1.54) is 38.4 Å². The Bertz CT molecular complexity index is 806. The van der Waals surface area contributed by atoms with Gasteiger partial charge in [0.1, 0.15) is 5.54 Å². The molecule has 2 N–H and O–H groups in total. The van der Waals surface area contributed by atoms with Gasteiger partial charge < -0.3 is 10.6 Å². The van der Waals surface area contributed by atoms with Crippen molar-refractivity contribution in [1.82, 2.24) is 14.9 Å². The molecule has 0 aliphatic rings. The third kappa shape index (κ3) is 5.07. The highest BCUT2D eigenvalue weighted by Crippen LogP contribution is 2.15. The van der Waals surface area contributed by atoms with Crippen LogP contribution >= 0.6 is 0 Å². The fourth-order valence-electron chi connectivity index (χ4n) is 2.25. The van der Waals surface area contributed by atoms with E-state index in [0.717, 1.165) is 4.31 Å². The Morgan fingerprint density at radius 2 is 1.85 bits per heavy atom. The van der Waals surface area contributed by atoms with Crippen LogP contribution in [0.25, 0.3) is 0 Å². The minimum absolute atomic E-state index is 0.00270. The van der Waals surface area contributed by atoms with Crippen molar-refractivity contribution in [3.8, 4) is 12.3 Å². The van der Waals surface area contributed by atoms with Gasteiger partial charge in [0.15, 0.2) is 0 Å². The molecule has 0 spiro atoms. The predicted octanol–water partition coefficient (Wildman–Crippen LogP) is 0.975. The van der Waals surface area contributed by atoms with Crippen molar-refractivity contribution in [2.75, 3.05) is 20.6 Å². The number of carbonyl (C=O) groups excluding carboxylic acids is 2. The summed E-state index contributed by atoms with van der Waals surface area (Å²) in [6.45, 7) is 3.49. The number of hydrogen-bond donors (Lipinski definition) is 2. The van der Waals surface area contributed by atoms with E-state index in [9.17, 15) is 18.0 Å². The summed E-state index contributed by atoms with van der Waals surface area (Å²) in [5.74, 6) is 1.63. The maximum Gasteiger partial charge on any atom is 0.251 e. The van der Waals surface area contributed by atoms with Crippen molar-refractivity contribution in [2.24, 2.45) is 0 Å². The van der Waals surface area contributed by atoms with Crippen molar-refractivity contribution in [1.29, 1.82) is 0 Å². The molecule has 0 aliphatic carbocycles. The lowest BCUT2D eigenvalue weighted by Crippen LogP contribution is -2.50. The number of nitrogens with zero attached hydrogens (tertiary/aromatic N) is 1. The smallest absolute Gasteiger partial charge is 0.251 e. The molecular weight excluding hydrogens is 354 g/mol.